The highest BCUT2D eigenvalue weighted by Gasteiger charge is 2.22. The number of thioether (sulfide) groups is 1. The van der Waals surface area contributed by atoms with E-state index in [1.807, 2.05) is 31.2 Å². The van der Waals surface area contributed by atoms with Crippen LogP contribution in [0, 0.1) is 0 Å². The van der Waals surface area contributed by atoms with Crippen molar-refractivity contribution < 1.29 is 9.53 Å². The lowest BCUT2D eigenvalue weighted by atomic mass is 10.2. The third-order valence-corrected chi connectivity index (χ3v) is 3.39. The number of halogens is 1. The van der Waals surface area contributed by atoms with Crippen LogP contribution in [-0.2, 0) is 4.79 Å². The molecule has 1 aliphatic rings. The maximum absolute atomic E-state index is 11.9. The highest BCUT2D eigenvalue weighted by Crippen LogP contribution is 2.18. The van der Waals surface area contributed by atoms with Gasteiger partial charge in [0.25, 0.3) is 0 Å². The molecule has 1 aromatic rings. The first-order chi connectivity index (χ1) is 8.29. The van der Waals surface area contributed by atoms with E-state index in [2.05, 4.69) is 10.6 Å². The molecule has 4 nitrogen and oxygen atoms in total. The predicted molar refractivity (Wildman–Crippen MR) is 77.7 cm³/mol. The smallest absolute Gasteiger partial charge is 0.242 e. The molecule has 0 spiro atoms. The van der Waals surface area contributed by atoms with E-state index in [4.69, 9.17) is 4.74 Å². The Morgan fingerprint density at radius 1 is 1.61 bits per heavy atom. The van der Waals surface area contributed by atoms with Crippen LogP contribution in [-0.4, -0.2) is 30.2 Å². The molecule has 1 aliphatic heterocycles. The Labute approximate surface area is 117 Å². The van der Waals surface area contributed by atoms with Crippen molar-refractivity contribution in [1.29, 1.82) is 0 Å². The van der Waals surface area contributed by atoms with Crippen molar-refractivity contribution >= 4 is 35.8 Å². The number of nitrogens with one attached hydrogen (secondary N) is 2. The molecule has 1 saturated heterocycles. The van der Waals surface area contributed by atoms with Crippen LogP contribution < -0.4 is 15.4 Å². The van der Waals surface area contributed by atoms with Crippen LogP contribution in [0.5, 0.6) is 5.75 Å². The molecule has 1 amide bonds. The predicted octanol–water partition coefficient (Wildman–Crippen LogP) is 2.11. The summed E-state index contributed by atoms with van der Waals surface area (Å²) in [5.74, 6) is 2.47. The first-order valence-electron chi connectivity index (χ1n) is 5.64. The Balaban J connectivity index is 0.00000162. The van der Waals surface area contributed by atoms with Gasteiger partial charge in [-0.15, -0.1) is 24.2 Å². The maximum atomic E-state index is 11.9. The van der Waals surface area contributed by atoms with E-state index >= 15 is 0 Å². The number of anilines is 1. The van der Waals surface area contributed by atoms with Crippen molar-refractivity contribution in [2.45, 2.75) is 13.0 Å². The van der Waals surface area contributed by atoms with Crippen LogP contribution in [0.15, 0.2) is 24.3 Å². The molecule has 0 aliphatic carbocycles. The summed E-state index contributed by atoms with van der Waals surface area (Å²) in [7, 11) is 0. The average Bonchev–Trinajstić information content (AvgIpc) is 2.83. The second-order valence-corrected chi connectivity index (χ2v) is 4.75. The first-order valence-corrected chi connectivity index (χ1v) is 6.80. The molecule has 0 radical (unpaired) electrons. The molecule has 1 unspecified atom stereocenters. The maximum Gasteiger partial charge on any atom is 0.242 e. The van der Waals surface area contributed by atoms with Gasteiger partial charge in [0, 0.05) is 23.4 Å². The van der Waals surface area contributed by atoms with Crippen molar-refractivity contribution in [1.82, 2.24) is 5.32 Å². The zero-order chi connectivity index (χ0) is 12.1. The van der Waals surface area contributed by atoms with E-state index in [9.17, 15) is 4.79 Å². The lowest BCUT2D eigenvalue weighted by Gasteiger charge is -2.11. The van der Waals surface area contributed by atoms with Gasteiger partial charge in [0.05, 0.1) is 12.6 Å². The van der Waals surface area contributed by atoms with Gasteiger partial charge in [0.2, 0.25) is 5.91 Å². The van der Waals surface area contributed by atoms with Crippen LogP contribution in [0.3, 0.4) is 0 Å². The molecular weight excluding hydrogens is 272 g/mol. The summed E-state index contributed by atoms with van der Waals surface area (Å²) >= 11 is 1.74. The lowest BCUT2D eigenvalue weighted by Crippen LogP contribution is -2.37. The van der Waals surface area contributed by atoms with Gasteiger partial charge in [-0.05, 0) is 19.1 Å². The number of hydrogen-bond donors (Lipinski definition) is 2. The zero-order valence-electron chi connectivity index (χ0n) is 10.1. The number of carbonyl (C=O) groups is 1. The molecule has 0 saturated carbocycles. The number of ether oxygens (including phenoxy) is 1. The highest BCUT2D eigenvalue weighted by molar-refractivity contribution is 7.99. The minimum atomic E-state index is -0.0873. The third kappa shape index (κ3) is 4.08. The van der Waals surface area contributed by atoms with Gasteiger partial charge in [-0.3, -0.25) is 10.1 Å². The van der Waals surface area contributed by atoms with Gasteiger partial charge < -0.3 is 10.1 Å². The third-order valence-electron chi connectivity index (χ3n) is 2.45. The van der Waals surface area contributed by atoms with Crippen molar-refractivity contribution in [2.24, 2.45) is 0 Å². The van der Waals surface area contributed by atoms with Gasteiger partial charge in [-0.2, -0.15) is 0 Å². The SMILES string of the molecule is CCOc1cccc(NC(=O)C2CSCN2)c1.Cl. The topological polar surface area (TPSA) is 50.4 Å². The molecule has 18 heavy (non-hydrogen) atoms. The normalized spacial score (nSPS) is 17.9. The number of hydrogen-bond acceptors (Lipinski definition) is 4. The summed E-state index contributed by atoms with van der Waals surface area (Å²) in [5.41, 5.74) is 0.777. The van der Waals surface area contributed by atoms with Gasteiger partial charge in [0.15, 0.2) is 0 Å². The van der Waals surface area contributed by atoms with E-state index in [0.29, 0.717) is 6.61 Å². The molecule has 2 N–H and O–H groups in total. The summed E-state index contributed by atoms with van der Waals surface area (Å²) in [6.45, 7) is 2.56. The molecule has 0 aromatic heterocycles. The van der Waals surface area contributed by atoms with E-state index in [1.54, 1.807) is 11.8 Å². The Kier molecular flexibility index (Phi) is 6.32. The quantitative estimate of drug-likeness (QED) is 0.891. The van der Waals surface area contributed by atoms with Gasteiger partial charge in [0.1, 0.15) is 5.75 Å². The van der Waals surface area contributed by atoms with Crippen LogP contribution >= 0.6 is 24.2 Å². The molecule has 2 rings (SSSR count). The number of carbonyl (C=O) groups excluding carboxylic acids is 1. The molecule has 0 bridgehead atoms. The van der Waals surface area contributed by atoms with E-state index in [0.717, 1.165) is 23.1 Å². The molecular formula is C12H17ClN2O2S. The largest absolute Gasteiger partial charge is 0.494 e. The summed E-state index contributed by atoms with van der Waals surface area (Å²) in [5, 5.41) is 6.02. The van der Waals surface area contributed by atoms with Gasteiger partial charge >= 0.3 is 0 Å². The Hall–Kier alpha value is -0.910. The van der Waals surface area contributed by atoms with E-state index < -0.39 is 0 Å². The van der Waals surface area contributed by atoms with Crippen LogP contribution in [0.2, 0.25) is 0 Å². The van der Waals surface area contributed by atoms with Crippen molar-refractivity contribution in [2.75, 3.05) is 23.6 Å². The molecule has 1 heterocycles. The lowest BCUT2D eigenvalue weighted by molar-refractivity contribution is -0.117. The van der Waals surface area contributed by atoms with E-state index in [-0.39, 0.29) is 24.4 Å². The standard InChI is InChI=1S/C12H16N2O2S.ClH/c1-2-16-10-5-3-4-9(6-10)14-12(15)11-7-17-8-13-11;/h3-6,11,13H,2,7-8H2,1H3,(H,14,15);1H. The van der Waals surface area contributed by atoms with Gasteiger partial charge in [-0.25, -0.2) is 0 Å². The van der Waals surface area contributed by atoms with E-state index in [1.165, 1.54) is 0 Å². The fraction of sp³-hybridized carbons (Fsp3) is 0.417. The zero-order valence-corrected chi connectivity index (χ0v) is 11.8. The Bertz CT molecular complexity index is 397. The number of amides is 1. The summed E-state index contributed by atoms with van der Waals surface area (Å²) < 4.78 is 5.38. The molecule has 6 heteroatoms. The fourth-order valence-corrected chi connectivity index (χ4v) is 2.57. The minimum Gasteiger partial charge on any atom is -0.494 e. The summed E-state index contributed by atoms with van der Waals surface area (Å²) in [6, 6.07) is 7.36. The average molecular weight is 289 g/mol. The number of rotatable bonds is 4. The minimum absolute atomic E-state index is 0. The molecule has 1 fully saturated rings. The van der Waals surface area contributed by atoms with Crippen LogP contribution in [0.1, 0.15) is 6.92 Å². The monoisotopic (exact) mass is 288 g/mol. The molecule has 1 atom stereocenters. The summed E-state index contributed by atoms with van der Waals surface area (Å²) in [6.07, 6.45) is 0. The fourth-order valence-electron chi connectivity index (χ4n) is 1.62. The molecule has 100 valence electrons. The van der Waals surface area contributed by atoms with Crippen molar-refractivity contribution in [3.05, 3.63) is 24.3 Å². The summed E-state index contributed by atoms with van der Waals surface area (Å²) in [4.78, 5) is 11.9. The number of benzene rings is 1. The first kappa shape index (κ1) is 15.1. The van der Waals surface area contributed by atoms with Crippen LogP contribution in [0.4, 0.5) is 5.69 Å². The second kappa shape index (κ2) is 7.51. The van der Waals surface area contributed by atoms with Gasteiger partial charge in [-0.1, -0.05) is 6.07 Å². The Morgan fingerprint density at radius 3 is 3.11 bits per heavy atom. The second-order valence-electron chi connectivity index (χ2n) is 3.72. The Morgan fingerprint density at radius 2 is 2.44 bits per heavy atom. The highest BCUT2D eigenvalue weighted by atomic mass is 35.5. The van der Waals surface area contributed by atoms with Crippen molar-refractivity contribution in [3.63, 3.8) is 0 Å². The van der Waals surface area contributed by atoms with Crippen molar-refractivity contribution in [3.8, 4) is 5.75 Å². The molecule has 1 aromatic carbocycles. The van der Waals surface area contributed by atoms with Crippen LogP contribution in [0.25, 0.3) is 0 Å².